The van der Waals surface area contributed by atoms with Crippen LogP contribution in [0.2, 0.25) is 0 Å². The monoisotopic (exact) mass is 447 g/mol. The van der Waals surface area contributed by atoms with E-state index in [1.54, 1.807) is 12.1 Å². The second-order valence-corrected chi connectivity index (χ2v) is 9.35. The SMILES string of the molecule is O=C(Cc1ccc(F)cc1)N1CC[C@@H]2[C@H](CCCN2C(=O)CCc2c[nH]c3ccccc23)C1. The number of rotatable bonds is 5. The maximum Gasteiger partial charge on any atom is 0.227 e. The number of carbonyl (C=O) groups excluding carboxylic acids is 2. The average molecular weight is 448 g/mol. The Labute approximate surface area is 193 Å². The summed E-state index contributed by atoms with van der Waals surface area (Å²) >= 11 is 0. The van der Waals surface area contributed by atoms with Crippen LogP contribution in [0, 0.1) is 11.7 Å². The van der Waals surface area contributed by atoms with Crippen molar-refractivity contribution in [1.82, 2.24) is 14.8 Å². The molecule has 2 fully saturated rings. The summed E-state index contributed by atoms with van der Waals surface area (Å²) in [7, 11) is 0. The molecule has 2 aliphatic heterocycles. The highest BCUT2D eigenvalue weighted by Crippen LogP contribution is 2.32. The molecular formula is C27H30FN3O2. The highest BCUT2D eigenvalue weighted by atomic mass is 19.1. The van der Waals surface area contributed by atoms with E-state index in [-0.39, 0.29) is 23.7 Å². The van der Waals surface area contributed by atoms with E-state index in [1.807, 2.05) is 23.2 Å². The molecule has 2 aromatic carbocycles. The molecule has 2 atom stereocenters. The average Bonchev–Trinajstić information content (AvgIpc) is 3.26. The van der Waals surface area contributed by atoms with Crippen molar-refractivity contribution in [3.63, 3.8) is 0 Å². The Bertz CT molecular complexity index is 1140. The normalized spacial score (nSPS) is 20.6. The van der Waals surface area contributed by atoms with Crippen molar-refractivity contribution < 1.29 is 14.0 Å². The molecule has 0 bridgehead atoms. The number of aromatic amines is 1. The number of aromatic nitrogens is 1. The Morgan fingerprint density at radius 3 is 2.67 bits per heavy atom. The van der Waals surface area contributed by atoms with Gasteiger partial charge in [-0.1, -0.05) is 30.3 Å². The third kappa shape index (κ3) is 4.65. The van der Waals surface area contributed by atoms with Gasteiger partial charge < -0.3 is 14.8 Å². The van der Waals surface area contributed by atoms with E-state index >= 15 is 0 Å². The molecule has 0 unspecified atom stereocenters. The lowest BCUT2D eigenvalue weighted by molar-refractivity contribution is -0.141. The van der Waals surface area contributed by atoms with Gasteiger partial charge in [0.2, 0.25) is 11.8 Å². The number of halogens is 1. The molecule has 1 N–H and O–H groups in total. The first-order valence-electron chi connectivity index (χ1n) is 11.9. The highest BCUT2D eigenvalue weighted by Gasteiger charge is 2.38. The van der Waals surface area contributed by atoms with Crippen LogP contribution < -0.4 is 0 Å². The minimum absolute atomic E-state index is 0.0860. The molecule has 0 spiro atoms. The van der Waals surface area contributed by atoms with Crippen LogP contribution in [0.15, 0.2) is 54.7 Å². The van der Waals surface area contributed by atoms with Gasteiger partial charge in [-0.2, -0.15) is 0 Å². The van der Waals surface area contributed by atoms with E-state index < -0.39 is 0 Å². The van der Waals surface area contributed by atoms with E-state index in [4.69, 9.17) is 0 Å². The molecule has 3 aromatic rings. The number of carbonyl (C=O) groups is 2. The van der Waals surface area contributed by atoms with Gasteiger partial charge in [-0.3, -0.25) is 9.59 Å². The zero-order valence-corrected chi connectivity index (χ0v) is 18.8. The number of hydrogen-bond donors (Lipinski definition) is 1. The number of fused-ring (bicyclic) bond motifs is 2. The van der Waals surface area contributed by atoms with Gasteiger partial charge >= 0.3 is 0 Å². The minimum Gasteiger partial charge on any atom is -0.361 e. The number of aryl methyl sites for hydroxylation is 1. The Kier molecular flexibility index (Phi) is 6.16. The largest absolute Gasteiger partial charge is 0.361 e. The van der Waals surface area contributed by atoms with E-state index in [0.717, 1.165) is 43.3 Å². The molecule has 2 aliphatic rings. The van der Waals surface area contributed by atoms with Crippen molar-refractivity contribution in [1.29, 1.82) is 0 Å². The van der Waals surface area contributed by atoms with Crippen LogP contribution in [0.5, 0.6) is 0 Å². The fourth-order valence-corrected chi connectivity index (χ4v) is 5.55. The number of piperidine rings is 2. The van der Waals surface area contributed by atoms with Crippen LogP contribution >= 0.6 is 0 Å². The molecule has 2 saturated heterocycles. The molecule has 1 aromatic heterocycles. The molecule has 6 heteroatoms. The molecule has 33 heavy (non-hydrogen) atoms. The van der Waals surface area contributed by atoms with Crippen LogP contribution in [0.4, 0.5) is 4.39 Å². The topological polar surface area (TPSA) is 56.4 Å². The summed E-state index contributed by atoms with van der Waals surface area (Å²) < 4.78 is 13.1. The molecule has 2 amide bonds. The Balaban J connectivity index is 1.18. The maximum absolute atomic E-state index is 13.2. The zero-order chi connectivity index (χ0) is 22.8. The van der Waals surface area contributed by atoms with Crippen LogP contribution in [0.25, 0.3) is 10.9 Å². The smallest absolute Gasteiger partial charge is 0.227 e. The van der Waals surface area contributed by atoms with Crippen molar-refractivity contribution in [3.05, 3.63) is 71.7 Å². The van der Waals surface area contributed by atoms with Crippen LogP contribution in [0.1, 0.15) is 36.8 Å². The summed E-state index contributed by atoms with van der Waals surface area (Å²) in [6.45, 7) is 2.20. The number of nitrogens with one attached hydrogen (secondary N) is 1. The van der Waals surface area contributed by atoms with Gasteiger partial charge in [-0.05, 0) is 60.9 Å². The van der Waals surface area contributed by atoms with Gasteiger partial charge in [0.05, 0.1) is 6.42 Å². The number of H-pyrrole nitrogens is 1. The molecular weight excluding hydrogens is 417 g/mol. The third-order valence-electron chi connectivity index (χ3n) is 7.29. The van der Waals surface area contributed by atoms with Crippen molar-refractivity contribution in [2.24, 2.45) is 5.92 Å². The standard InChI is InChI=1S/C27H30FN3O2/c28-22-10-7-19(8-11-22)16-27(33)30-15-13-25-21(18-30)4-3-14-31(25)26(32)12-9-20-17-29-24-6-2-1-5-23(20)24/h1-2,5-8,10-11,17,21,25,29H,3-4,9,12-16,18H2/t21-,25-/m1/s1. The second-order valence-electron chi connectivity index (χ2n) is 9.35. The summed E-state index contributed by atoms with van der Waals surface area (Å²) in [5.41, 5.74) is 3.13. The van der Waals surface area contributed by atoms with Gasteiger partial charge in [0.25, 0.3) is 0 Å². The predicted molar refractivity (Wildman–Crippen MR) is 126 cm³/mol. The highest BCUT2D eigenvalue weighted by molar-refractivity contribution is 5.84. The lowest BCUT2D eigenvalue weighted by atomic mass is 9.83. The van der Waals surface area contributed by atoms with Crippen LogP contribution in [0.3, 0.4) is 0 Å². The third-order valence-corrected chi connectivity index (χ3v) is 7.29. The summed E-state index contributed by atoms with van der Waals surface area (Å²) in [6.07, 6.45) is 6.43. The predicted octanol–water partition coefficient (Wildman–Crippen LogP) is 4.32. The van der Waals surface area contributed by atoms with E-state index in [9.17, 15) is 14.0 Å². The fourth-order valence-electron chi connectivity index (χ4n) is 5.55. The lowest BCUT2D eigenvalue weighted by Gasteiger charge is -2.47. The van der Waals surface area contributed by atoms with Crippen molar-refractivity contribution in [2.45, 2.75) is 44.6 Å². The van der Waals surface area contributed by atoms with Gasteiger partial charge in [0.15, 0.2) is 0 Å². The number of nitrogens with zero attached hydrogens (tertiary/aromatic N) is 2. The van der Waals surface area contributed by atoms with Crippen molar-refractivity contribution in [2.75, 3.05) is 19.6 Å². The van der Waals surface area contributed by atoms with Crippen molar-refractivity contribution >= 4 is 22.7 Å². The molecule has 0 radical (unpaired) electrons. The van der Waals surface area contributed by atoms with E-state index in [1.165, 1.54) is 23.1 Å². The van der Waals surface area contributed by atoms with Gasteiger partial charge in [-0.15, -0.1) is 0 Å². The van der Waals surface area contributed by atoms with E-state index in [2.05, 4.69) is 22.0 Å². The first kappa shape index (κ1) is 21.7. The number of amides is 2. The Hall–Kier alpha value is -3.15. The maximum atomic E-state index is 13.2. The molecule has 5 nitrogen and oxygen atoms in total. The number of para-hydroxylation sites is 1. The summed E-state index contributed by atoms with van der Waals surface area (Å²) in [5, 5.41) is 1.19. The van der Waals surface area contributed by atoms with Gasteiger partial charge in [0, 0.05) is 49.2 Å². The van der Waals surface area contributed by atoms with Gasteiger partial charge in [0.1, 0.15) is 5.82 Å². The molecule has 0 saturated carbocycles. The lowest BCUT2D eigenvalue weighted by Crippen LogP contribution is -2.56. The minimum atomic E-state index is -0.288. The number of benzene rings is 2. The van der Waals surface area contributed by atoms with Crippen molar-refractivity contribution in [3.8, 4) is 0 Å². The first-order valence-corrected chi connectivity index (χ1v) is 11.9. The van der Waals surface area contributed by atoms with Crippen LogP contribution in [-0.4, -0.2) is 52.3 Å². The Morgan fingerprint density at radius 1 is 1.00 bits per heavy atom. The summed E-state index contributed by atoms with van der Waals surface area (Å²) in [4.78, 5) is 33.3. The first-order chi connectivity index (χ1) is 16.1. The van der Waals surface area contributed by atoms with E-state index in [0.29, 0.717) is 31.8 Å². The molecule has 172 valence electrons. The number of likely N-dealkylation sites (tertiary alicyclic amines) is 2. The fraction of sp³-hybridized carbons (Fsp3) is 0.407. The number of hydrogen-bond acceptors (Lipinski definition) is 2. The summed E-state index contributed by atoms with van der Waals surface area (Å²) in [5.74, 6) is 0.356. The molecule has 5 rings (SSSR count). The quantitative estimate of drug-likeness (QED) is 0.633. The zero-order valence-electron chi connectivity index (χ0n) is 18.8. The summed E-state index contributed by atoms with van der Waals surface area (Å²) in [6, 6.07) is 14.6. The molecule has 0 aliphatic carbocycles. The Morgan fingerprint density at radius 2 is 1.82 bits per heavy atom. The van der Waals surface area contributed by atoms with Crippen LogP contribution in [-0.2, 0) is 22.4 Å². The molecule has 3 heterocycles. The second kappa shape index (κ2) is 9.38. The van der Waals surface area contributed by atoms with Gasteiger partial charge in [-0.25, -0.2) is 4.39 Å².